The lowest BCUT2D eigenvalue weighted by Crippen LogP contribution is -2.18. The standard InChI is InChI=1S/C17H15NO3/c1-18-17(19)15-13-9-8-12(20-2)10-14(13)21-16(15)11-6-4-3-5-7-11/h3-10H,1-2H3,(H,18,19). The van der Waals surface area contributed by atoms with Gasteiger partial charge in [-0.1, -0.05) is 30.3 Å². The highest BCUT2D eigenvalue weighted by Crippen LogP contribution is 2.35. The first-order valence-electron chi connectivity index (χ1n) is 6.62. The number of amides is 1. The van der Waals surface area contributed by atoms with E-state index in [1.54, 1.807) is 20.2 Å². The number of furan rings is 1. The van der Waals surface area contributed by atoms with Gasteiger partial charge < -0.3 is 14.5 Å². The molecule has 0 aliphatic heterocycles. The van der Waals surface area contributed by atoms with Gasteiger partial charge in [0.2, 0.25) is 0 Å². The second-order valence-corrected chi connectivity index (χ2v) is 4.61. The summed E-state index contributed by atoms with van der Waals surface area (Å²) in [6.45, 7) is 0. The summed E-state index contributed by atoms with van der Waals surface area (Å²) in [7, 11) is 3.21. The molecule has 4 nitrogen and oxygen atoms in total. The van der Waals surface area contributed by atoms with E-state index in [0.29, 0.717) is 22.7 Å². The summed E-state index contributed by atoms with van der Waals surface area (Å²) < 4.78 is 11.1. The highest BCUT2D eigenvalue weighted by molar-refractivity contribution is 6.11. The van der Waals surface area contributed by atoms with E-state index in [-0.39, 0.29) is 5.91 Å². The topological polar surface area (TPSA) is 51.5 Å². The number of benzene rings is 2. The lowest BCUT2D eigenvalue weighted by molar-refractivity contribution is 0.0964. The fourth-order valence-corrected chi connectivity index (χ4v) is 2.35. The molecule has 0 aliphatic rings. The maximum absolute atomic E-state index is 12.2. The van der Waals surface area contributed by atoms with E-state index in [1.165, 1.54) is 0 Å². The van der Waals surface area contributed by atoms with Crippen LogP contribution < -0.4 is 10.1 Å². The molecule has 106 valence electrons. The lowest BCUT2D eigenvalue weighted by Gasteiger charge is -2.02. The quantitative estimate of drug-likeness (QED) is 0.799. The van der Waals surface area contributed by atoms with Gasteiger partial charge in [-0.3, -0.25) is 4.79 Å². The zero-order valence-electron chi connectivity index (χ0n) is 11.8. The second kappa shape index (κ2) is 5.32. The van der Waals surface area contributed by atoms with Crippen LogP contribution in [0, 0.1) is 0 Å². The summed E-state index contributed by atoms with van der Waals surface area (Å²) in [4.78, 5) is 12.2. The van der Waals surface area contributed by atoms with Gasteiger partial charge in [0.1, 0.15) is 17.1 Å². The summed E-state index contributed by atoms with van der Waals surface area (Å²) >= 11 is 0. The average molecular weight is 281 g/mol. The largest absolute Gasteiger partial charge is 0.497 e. The van der Waals surface area contributed by atoms with E-state index in [4.69, 9.17) is 9.15 Å². The minimum Gasteiger partial charge on any atom is -0.497 e. The molecule has 0 saturated heterocycles. The first-order chi connectivity index (χ1) is 10.2. The van der Waals surface area contributed by atoms with Crippen LogP contribution in [0.4, 0.5) is 0 Å². The van der Waals surface area contributed by atoms with E-state index < -0.39 is 0 Å². The van der Waals surface area contributed by atoms with Crippen LogP contribution in [0.5, 0.6) is 5.75 Å². The third-order valence-electron chi connectivity index (χ3n) is 3.39. The number of carbonyl (C=O) groups excluding carboxylic acids is 1. The number of methoxy groups -OCH3 is 1. The van der Waals surface area contributed by atoms with Crippen molar-refractivity contribution in [3.8, 4) is 17.1 Å². The van der Waals surface area contributed by atoms with Crippen LogP contribution in [0.1, 0.15) is 10.4 Å². The number of fused-ring (bicyclic) bond motifs is 1. The fraction of sp³-hybridized carbons (Fsp3) is 0.118. The van der Waals surface area contributed by atoms with Gasteiger partial charge in [-0.25, -0.2) is 0 Å². The van der Waals surface area contributed by atoms with Gasteiger partial charge in [0.25, 0.3) is 5.91 Å². The van der Waals surface area contributed by atoms with Crippen molar-refractivity contribution < 1.29 is 13.9 Å². The molecule has 0 atom stereocenters. The van der Waals surface area contributed by atoms with Crippen molar-refractivity contribution in [3.05, 3.63) is 54.1 Å². The highest BCUT2D eigenvalue weighted by Gasteiger charge is 2.21. The van der Waals surface area contributed by atoms with Gasteiger partial charge in [-0.05, 0) is 12.1 Å². The monoisotopic (exact) mass is 281 g/mol. The number of rotatable bonds is 3. The van der Waals surface area contributed by atoms with Gasteiger partial charge in [0, 0.05) is 24.1 Å². The molecule has 2 aromatic carbocycles. The predicted octanol–water partition coefficient (Wildman–Crippen LogP) is 3.47. The molecule has 1 amide bonds. The molecular weight excluding hydrogens is 266 g/mol. The van der Waals surface area contributed by atoms with Crippen molar-refractivity contribution in [2.75, 3.05) is 14.2 Å². The minimum absolute atomic E-state index is 0.169. The summed E-state index contributed by atoms with van der Waals surface area (Å²) in [5.41, 5.74) is 2.04. The van der Waals surface area contributed by atoms with E-state index in [9.17, 15) is 4.79 Å². The number of hydrogen-bond donors (Lipinski definition) is 1. The molecule has 0 bridgehead atoms. The summed E-state index contributed by atoms with van der Waals surface area (Å²) in [5, 5.41) is 3.44. The van der Waals surface area contributed by atoms with E-state index >= 15 is 0 Å². The van der Waals surface area contributed by atoms with Crippen molar-refractivity contribution >= 4 is 16.9 Å². The normalized spacial score (nSPS) is 10.6. The van der Waals surface area contributed by atoms with Crippen molar-refractivity contribution in [1.29, 1.82) is 0 Å². The first-order valence-corrected chi connectivity index (χ1v) is 6.62. The van der Waals surface area contributed by atoms with Gasteiger partial charge >= 0.3 is 0 Å². The molecule has 3 rings (SSSR count). The molecule has 0 unspecified atom stereocenters. The summed E-state index contributed by atoms with van der Waals surface area (Å²) in [6, 6.07) is 15.0. The smallest absolute Gasteiger partial charge is 0.255 e. The van der Waals surface area contributed by atoms with Crippen LogP contribution in [-0.4, -0.2) is 20.1 Å². The molecule has 0 saturated carbocycles. The Bertz CT molecular complexity index is 790. The Balaban J connectivity index is 2.29. The van der Waals surface area contributed by atoms with Gasteiger partial charge in [0.05, 0.1) is 12.7 Å². The van der Waals surface area contributed by atoms with E-state index in [1.807, 2.05) is 42.5 Å². The Morgan fingerprint density at radius 1 is 1.14 bits per heavy atom. The van der Waals surface area contributed by atoms with Gasteiger partial charge in [-0.2, -0.15) is 0 Å². The Morgan fingerprint density at radius 2 is 1.90 bits per heavy atom. The number of nitrogens with one attached hydrogen (secondary N) is 1. The average Bonchev–Trinajstić information content (AvgIpc) is 2.93. The number of ether oxygens (including phenoxy) is 1. The molecule has 0 aliphatic carbocycles. The maximum atomic E-state index is 12.2. The van der Waals surface area contributed by atoms with E-state index in [2.05, 4.69) is 5.32 Å². The molecular formula is C17H15NO3. The van der Waals surface area contributed by atoms with Crippen LogP contribution in [0.2, 0.25) is 0 Å². The molecule has 0 fully saturated rings. The maximum Gasteiger partial charge on any atom is 0.255 e. The summed E-state index contributed by atoms with van der Waals surface area (Å²) in [6.07, 6.45) is 0. The molecule has 3 aromatic rings. The molecule has 1 N–H and O–H groups in total. The molecule has 4 heteroatoms. The Kier molecular flexibility index (Phi) is 3.36. The molecule has 21 heavy (non-hydrogen) atoms. The zero-order valence-corrected chi connectivity index (χ0v) is 11.8. The fourth-order valence-electron chi connectivity index (χ4n) is 2.35. The summed E-state index contributed by atoms with van der Waals surface area (Å²) in [5.74, 6) is 1.09. The zero-order chi connectivity index (χ0) is 14.8. The van der Waals surface area contributed by atoms with E-state index in [0.717, 1.165) is 10.9 Å². The predicted molar refractivity (Wildman–Crippen MR) is 81.6 cm³/mol. The van der Waals surface area contributed by atoms with Gasteiger partial charge in [-0.15, -0.1) is 0 Å². The van der Waals surface area contributed by atoms with Crippen LogP contribution >= 0.6 is 0 Å². The van der Waals surface area contributed by atoms with Crippen molar-refractivity contribution in [3.63, 3.8) is 0 Å². The Hall–Kier alpha value is -2.75. The van der Waals surface area contributed by atoms with Crippen LogP contribution in [-0.2, 0) is 0 Å². The third-order valence-corrected chi connectivity index (χ3v) is 3.39. The van der Waals surface area contributed by atoms with Crippen molar-refractivity contribution in [2.24, 2.45) is 0 Å². The third kappa shape index (κ3) is 2.25. The molecule has 1 aromatic heterocycles. The lowest BCUT2D eigenvalue weighted by atomic mass is 10.0. The molecule has 1 heterocycles. The van der Waals surface area contributed by atoms with Crippen LogP contribution in [0.3, 0.4) is 0 Å². The Labute approximate surface area is 122 Å². The highest BCUT2D eigenvalue weighted by atomic mass is 16.5. The Morgan fingerprint density at radius 3 is 2.57 bits per heavy atom. The SMILES string of the molecule is CNC(=O)c1c(-c2ccccc2)oc2cc(OC)ccc12. The second-order valence-electron chi connectivity index (χ2n) is 4.61. The number of hydrogen-bond acceptors (Lipinski definition) is 3. The number of carbonyl (C=O) groups is 1. The van der Waals surface area contributed by atoms with Crippen molar-refractivity contribution in [2.45, 2.75) is 0 Å². The van der Waals surface area contributed by atoms with Crippen molar-refractivity contribution in [1.82, 2.24) is 5.32 Å². The minimum atomic E-state index is -0.169. The van der Waals surface area contributed by atoms with Crippen LogP contribution in [0.15, 0.2) is 52.9 Å². The first kappa shape index (κ1) is 13.2. The molecule has 0 radical (unpaired) electrons. The molecule has 0 spiro atoms. The van der Waals surface area contributed by atoms with Gasteiger partial charge in [0.15, 0.2) is 0 Å². The van der Waals surface area contributed by atoms with Crippen LogP contribution in [0.25, 0.3) is 22.3 Å².